The Balaban J connectivity index is 1.73. The largest absolute Gasteiger partial charge is 0.493 e. The molecule has 3 aromatic carbocycles. The molecule has 1 aliphatic carbocycles. The van der Waals surface area contributed by atoms with E-state index in [0.29, 0.717) is 73.6 Å². The van der Waals surface area contributed by atoms with Crippen LogP contribution in [0.2, 0.25) is 0 Å². The van der Waals surface area contributed by atoms with Gasteiger partial charge in [0.05, 0.1) is 65.1 Å². The minimum absolute atomic E-state index is 0.117. The normalized spacial score (nSPS) is 13.1. The van der Waals surface area contributed by atoms with Gasteiger partial charge in [0.2, 0.25) is 11.5 Å². The van der Waals surface area contributed by atoms with E-state index >= 15 is 0 Å². The first-order chi connectivity index (χ1) is 20.4. The van der Waals surface area contributed by atoms with E-state index < -0.39 is 0 Å². The standard InChI is InChI=1S/C32H35N3O7/c1-37-24-14-19(15-25(38-2)30(24)41-5)28-29(20-16-26(39-3)31(42-6)27(17-20)40-4)35-23-13-18(11-12-22(23)34-28)32(36)33-21-9-7-8-10-21/h11-17,21H,7-10H2,1-6H3,(H,33,36). The third kappa shape index (κ3) is 5.44. The maximum Gasteiger partial charge on any atom is 0.251 e. The molecule has 0 saturated heterocycles. The van der Waals surface area contributed by atoms with Crippen LogP contribution < -0.4 is 33.7 Å². The first kappa shape index (κ1) is 28.8. The number of amides is 1. The fourth-order valence-electron chi connectivity index (χ4n) is 5.37. The molecule has 1 saturated carbocycles. The van der Waals surface area contributed by atoms with Crippen molar-refractivity contribution in [2.24, 2.45) is 0 Å². The molecule has 1 amide bonds. The number of benzene rings is 3. The summed E-state index contributed by atoms with van der Waals surface area (Å²) in [5.74, 6) is 2.69. The number of carbonyl (C=O) groups is 1. The Morgan fingerprint density at radius 1 is 0.643 bits per heavy atom. The predicted octanol–water partition coefficient (Wildman–Crippen LogP) is 5.69. The van der Waals surface area contributed by atoms with Gasteiger partial charge < -0.3 is 33.7 Å². The number of nitrogens with one attached hydrogen (secondary N) is 1. The second-order valence-electron chi connectivity index (χ2n) is 9.91. The molecule has 0 radical (unpaired) electrons. The van der Waals surface area contributed by atoms with Gasteiger partial charge in [0.1, 0.15) is 0 Å². The average molecular weight is 574 g/mol. The van der Waals surface area contributed by atoms with Crippen LogP contribution in [0.3, 0.4) is 0 Å². The number of nitrogens with zero attached hydrogens (tertiary/aromatic N) is 2. The van der Waals surface area contributed by atoms with Crippen LogP contribution in [0.1, 0.15) is 36.0 Å². The Labute approximate surface area is 244 Å². The zero-order chi connectivity index (χ0) is 29.8. The molecule has 0 bridgehead atoms. The minimum atomic E-state index is -0.117. The Kier molecular flexibility index (Phi) is 8.51. The molecule has 0 unspecified atom stereocenters. The molecule has 1 aliphatic rings. The summed E-state index contributed by atoms with van der Waals surface area (Å²) in [5.41, 5.74) is 4.15. The zero-order valence-corrected chi connectivity index (χ0v) is 24.7. The van der Waals surface area contributed by atoms with Crippen molar-refractivity contribution in [3.63, 3.8) is 0 Å². The lowest BCUT2D eigenvalue weighted by Crippen LogP contribution is -2.32. The van der Waals surface area contributed by atoms with Crippen LogP contribution in [-0.2, 0) is 0 Å². The van der Waals surface area contributed by atoms with Crippen molar-refractivity contribution >= 4 is 16.9 Å². The molecule has 10 nitrogen and oxygen atoms in total. The summed E-state index contributed by atoms with van der Waals surface area (Å²) in [7, 11) is 9.34. The lowest BCUT2D eigenvalue weighted by atomic mass is 10.0. The van der Waals surface area contributed by atoms with Crippen LogP contribution in [0, 0.1) is 0 Å². The number of carbonyl (C=O) groups excluding carboxylic acids is 1. The molecule has 5 rings (SSSR count). The molecule has 220 valence electrons. The van der Waals surface area contributed by atoms with Gasteiger partial charge >= 0.3 is 0 Å². The smallest absolute Gasteiger partial charge is 0.251 e. The molecule has 0 aliphatic heterocycles. The van der Waals surface area contributed by atoms with Crippen LogP contribution in [0.4, 0.5) is 0 Å². The molecular formula is C32H35N3O7. The van der Waals surface area contributed by atoms with Crippen molar-refractivity contribution in [3.05, 3.63) is 48.0 Å². The van der Waals surface area contributed by atoms with Gasteiger partial charge in [0, 0.05) is 22.7 Å². The van der Waals surface area contributed by atoms with E-state index in [4.69, 9.17) is 38.4 Å². The van der Waals surface area contributed by atoms with E-state index in [1.54, 1.807) is 54.8 Å². The van der Waals surface area contributed by atoms with E-state index in [1.165, 1.54) is 0 Å². The fourth-order valence-corrected chi connectivity index (χ4v) is 5.37. The molecule has 10 heteroatoms. The van der Waals surface area contributed by atoms with Gasteiger partial charge in [0.25, 0.3) is 5.91 Å². The maximum atomic E-state index is 13.1. The number of fused-ring (bicyclic) bond motifs is 1. The molecular weight excluding hydrogens is 538 g/mol. The zero-order valence-electron chi connectivity index (χ0n) is 24.7. The highest BCUT2D eigenvalue weighted by molar-refractivity contribution is 5.98. The van der Waals surface area contributed by atoms with E-state index in [-0.39, 0.29) is 11.9 Å². The topological polar surface area (TPSA) is 110 Å². The third-order valence-corrected chi connectivity index (χ3v) is 7.49. The molecule has 1 heterocycles. The highest BCUT2D eigenvalue weighted by Crippen LogP contribution is 2.45. The second kappa shape index (κ2) is 12.4. The van der Waals surface area contributed by atoms with E-state index in [0.717, 1.165) is 25.7 Å². The monoisotopic (exact) mass is 573 g/mol. The summed E-state index contributed by atoms with van der Waals surface area (Å²) >= 11 is 0. The van der Waals surface area contributed by atoms with E-state index in [1.807, 2.05) is 30.3 Å². The predicted molar refractivity (Wildman–Crippen MR) is 159 cm³/mol. The lowest BCUT2D eigenvalue weighted by molar-refractivity contribution is 0.0938. The van der Waals surface area contributed by atoms with Crippen molar-refractivity contribution in [1.82, 2.24) is 15.3 Å². The third-order valence-electron chi connectivity index (χ3n) is 7.49. The number of hydrogen-bond donors (Lipinski definition) is 1. The van der Waals surface area contributed by atoms with Crippen molar-refractivity contribution in [1.29, 1.82) is 0 Å². The van der Waals surface area contributed by atoms with Gasteiger partial charge in [-0.15, -0.1) is 0 Å². The molecule has 1 fully saturated rings. The Morgan fingerprint density at radius 3 is 1.52 bits per heavy atom. The van der Waals surface area contributed by atoms with Crippen molar-refractivity contribution in [2.45, 2.75) is 31.7 Å². The molecule has 1 N–H and O–H groups in total. The average Bonchev–Trinajstić information content (AvgIpc) is 3.55. The van der Waals surface area contributed by atoms with E-state index in [2.05, 4.69) is 5.32 Å². The summed E-state index contributed by atoms with van der Waals surface area (Å²) in [6.45, 7) is 0. The molecule has 42 heavy (non-hydrogen) atoms. The molecule has 0 spiro atoms. The molecule has 0 atom stereocenters. The van der Waals surface area contributed by atoms with Crippen molar-refractivity contribution in [2.75, 3.05) is 42.7 Å². The summed E-state index contributed by atoms with van der Waals surface area (Å²) in [6, 6.07) is 12.8. The Bertz CT molecular complexity index is 1570. The number of rotatable bonds is 10. The maximum absolute atomic E-state index is 13.1. The highest BCUT2D eigenvalue weighted by Gasteiger charge is 2.23. The van der Waals surface area contributed by atoms with Crippen molar-refractivity contribution in [3.8, 4) is 57.0 Å². The summed E-state index contributed by atoms with van der Waals surface area (Å²) in [5, 5.41) is 3.15. The van der Waals surface area contributed by atoms with Gasteiger partial charge in [-0.05, 0) is 55.3 Å². The van der Waals surface area contributed by atoms with Gasteiger partial charge in [-0.1, -0.05) is 12.8 Å². The first-order valence-corrected chi connectivity index (χ1v) is 13.7. The van der Waals surface area contributed by atoms with Crippen LogP contribution in [-0.4, -0.2) is 64.6 Å². The Hall–Kier alpha value is -4.73. The Morgan fingerprint density at radius 2 is 1.10 bits per heavy atom. The van der Waals surface area contributed by atoms with Gasteiger partial charge in [-0.25, -0.2) is 9.97 Å². The highest BCUT2D eigenvalue weighted by atomic mass is 16.5. The van der Waals surface area contributed by atoms with E-state index in [9.17, 15) is 4.79 Å². The molecule has 1 aromatic heterocycles. The quantitative estimate of drug-likeness (QED) is 0.256. The SMILES string of the molecule is COc1cc(-c2nc3ccc(C(=O)NC4CCCC4)cc3nc2-c2cc(OC)c(OC)c(OC)c2)cc(OC)c1OC. The van der Waals surface area contributed by atoms with Crippen LogP contribution in [0.25, 0.3) is 33.5 Å². The lowest BCUT2D eigenvalue weighted by Gasteiger charge is -2.18. The van der Waals surface area contributed by atoms with Crippen molar-refractivity contribution < 1.29 is 33.2 Å². The minimum Gasteiger partial charge on any atom is -0.493 e. The number of aromatic nitrogens is 2. The fraction of sp³-hybridized carbons (Fsp3) is 0.344. The number of hydrogen-bond acceptors (Lipinski definition) is 9. The second-order valence-corrected chi connectivity index (χ2v) is 9.91. The van der Waals surface area contributed by atoms with Crippen LogP contribution >= 0.6 is 0 Å². The van der Waals surface area contributed by atoms with Gasteiger partial charge in [0.15, 0.2) is 23.0 Å². The summed E-state index contributed by atoms with van der Waals surface area (Å²) in [6.07, 6.45) is 4.27. The van der Waals surface area contributed by atoms with Crippen LogP contribution in [0.5, 0.6) is 34.5 Å². The number of ether oxygens (including phenoxy) is 6. The van der Waals surface area contributed by atoms with Crippen LogP contribution in [0.15, 0.2) is 42.5 Å². The summed E-state index contributed by atoms with van der Waals surface area (Å²) < 4.78 is 33.6. The summed E-state index contributed by atoms with van der Waals surface area (Å²) in [4.78, 5) is 23.2. The first-order valence-electron chi connectivity index (χ1n) is 13.7. The van der Waals surface area contributed by atoms with Gasteiger partial charge in [-0.3, -0.25) is 4.79 Å². The number of methoxy groups -OCH3 is 6. The molecule has 4 aromatic rings. The van der Waals surface area contributed by atoms with Gasteiger partial charge in [-0.2, -0.15) is 0 Å².